The predicted molar refractivity (Wildman–Crippen MR) is 101 cm³/mol. The number of methoxy groups -OCH3 is 2. The number of hydrogen-bond donors (Lipinski definition) is 0. The van der Waals surface area contributed by atoms with Gasteiger partial charge in [0.15, 0.2) is 0 Å². The van der Waals surface area contributed by atoms with E-state index in [2.05, 4.69) is 0 Å². The summed E-state index contributed by atoms with van der Waals surface area (Å²) in [6, 6.07) is 7.64. The molecule has 0 bridgehead atoms. The highest BCUT2D eigenvalue weighted by Gasteiger charge is 2.32. The molecule has 0 N–H and O–H groups in total. The molecule has 0 unspecified atom stereocenters. The largest absolute Gasteiger partial charge is 0.497 e. The van der Waals surface area contributed by atoms with Crippen LogP contribution in [-0.2, 0) is 14.3 Å². The van der Waals surface area contributed by atoms with Crippen molar-refractivity contribution in [3.8, 4) is 11.4 Å². The summed E-state index contributed by atoms with van der Waals surface area (Å²) in [5, 5.41) is 4.73. The number of amides is 1. The van der Waals surface area contributed by atoms with E-state index in [0.29, 0.717) is 32.8 Å². The Morgan fingerprint density at radius 1 is 1.33 bits per heavy atom. The summed E-state index contributed by atoms with van der Waals surface area (Å²) in [5.74, 6) is 0.858. The molecule has 0 spiro atoms. The SMILES string of the molecule is COCCC(=O)N1CCOC[C@@H]1c1c(C)nn(-c2cccc(OC)c2)c1C. The molecule has 1 fully saturated rings. The number of aromatic nitrogens is 2. The minimum atomic E-state index is -0.137. The van der Waals surface area contributed by atoms with E-state index >= 15 is 0 Å². The van der Waals surface area contributed by atoms with Gasteiger partial charge in [0.25, 0.3) is 0 Å². The van der Waals surface area contributed by atoms with E-state index in [4.69, 9.17) is 19.3 Å². The van der Waals surface area contributed by atoms with Crippen molar-refractivity contribution in [3.63, 3.8) is 0 Å². The van der Waals surface area contributed by atoms with Gasteiger partial charge in [0.05, 0.1) is 50.8 Å². The van der Waals surface area contributed by atoms with E-state index in [1.54, 1.807) is 14.2 Å². The van der Waals surface area contributed by atoms with Crippen molar-refractivity contribution in [2.45, 2.75) is 26.3 Å². The van der Waals surface area contributed by atoms with Gasteiger partial charge < -0.3 is 19.1 Å². The molecule has 0 radical (unpaired) electrons. The lowest BCUT2D eigenvalue weighted by Gasteiger charge is -2.36. The topological polar surface area (TPSA) is 65.8 Å². The van der Waals surface area contributed by atoms with E-state index in [0.717, 1.165) is 28.4 Å². The van der Waals surface area contributed by atoms with Gasteiger partial charge in [0.2, 0.25) is 5.91 Å². The maximum absolute atomic E-state index is 12.7. The molecule has 3 rings (SSSR count). The second-order valence-corrected chi connectivity index (χ2v) is 6.62. The second kappa shape index (κ2) is 8.54. The standard InChI is InChI=1S/C20H27N3O4/c1-14-20(18-13-27-11-9-22(18)19(24)8-10-25-3)15(2)23(21-14)16-6-5-7-17(12-16)26-4/h5-7,12,18H,8-11,13H2,1-4H3/t18-/m1/s1. The van der Waals surface area contributed by atoms with Crippen LogP contribution in [0.3, 0.4) is 0 Å². The van der Waals surface area contributed by atoms with Crippen LogP contribution in [0.4, 0.5) is 0 Å². The monoisotopic (exact) mass is 373 g/mol. The number of rotatable bonds is 6. The molecule has 7 nitrogen and oxygen atoms in total. The molecule has 27 heavy (non-hydrogen) atoms. The maximum atomic E-state index is 12.7. The molecule has 146 valence electrons. The van der Waals surface area contributed by atoms with Gasteiger partial charge in [0, 0.05) is 31.0 Å². The lowest BCUT2D eigenvalue weighted by atomic mass is 10.0. The van der Waals surface area contributed by atoms with Gasteiger partial charge in [-0.2, -0.15) is 5.10 Å². The molecular formula is C20H27N3O4. The molecule has 1 aliphatic rings. The quantitative estimate of drug-likeness (QED) is 0.778. The Bertz CT molecular complexity index is 803. The summed E-state index contributed by atoms with van der Waals surface area (Å²) in [6.45, 7) is 6.04. The van der Waals surface area contributed by atoms with Gasteiger partial charge in [-0.25, -0.2) is 4.68 Å². The number of ether oxygens (including phenoxy) is 3. The molecule has 0 saturated carbocycles. The lowest BCUT2D eigenvalue weighted by molar-refractivity contribution is -0.141. The smallest absolute Gasteiger partial charge is 0.225 e. The van der Waals surface area contributed by atoms with Crippen LogP contribution in [0.5, 0.6) is 5.75 Å². The predicted octanol–water partition coefficient (Wildman–Crippen LogP) is 2.43. The van der Waals surface area contributed by atoms with E-state index in [1.165, 1.54) is 0 Å². The molecule has 1 aromatic carbocycles. The van der Waals surface area contributed by atoms with Crippen molar-refractivity contribution in [1.29, 1.82) is 0 Å². The van der Waals surface area contributed by atoms with Crippen LogP contribution in [-0.4, -0.2) is 61.2 Å². The Balaban J connectivity index is 1.95. The maximum Gasteiger partial charge on any atom is 0.225 e. The van der Waals surface area contributed by atoms with Crippen LogP contribution in [0.15, 0.2) is 24.3 Å². The number of nitrogens with zero attached hydrogens (tertiary/aromatic N) is 3. The van der Waals surface area contributed by atoms with E-state index in [9.17, 15) is 4.79 Å². The summed E-state index contributed by atoms with van der Waals surface area (Å²) in [4.78, 5) is 14.6. The van der Waals surface area contributed by atoms with Crippen molar-refractivity contribution in [2.24, 2.45) is 0 Å². The zero-order valence-electron chi connectivity index (χ0n) is 16.4. The number of benzene rings is 1. The third-order valence-corrected chi connectivity index (χ3v) is 4.95. The van der Waals surface area contributed by atoms with Crippen molar-refractivity contribution in [2.75, 3.05) is 40.6 Å². The van der Waals surface area contributed by atoms with Gasteiger partial charge in [-0.15, -0.1) is 0 Å². The molecule has 1 aromatic heterocycles. The zero-order chi connectivity index (χ0) is 19.4. The van der Waals surface area contributed by atoms with Crippen LogP contribution >= 0.6 is 0 Å². The van der Waals surface area contributed by atoms with Gasteiger partial charge in [-0.05, 0) is 26.0 Å². The van der Waals surface area contributed by atoms with Crippen molar-refractivity contribution in [1.82, 2.24) is 14.7 Å². The van der Waals surface area contributed by atoms with Crippen LogP contribution in [0, 0.1) is 13.8 Å². The minimum Gasteiger partial charge on any atom is -0.497 e. The summed E-state index contributed by atoms with van der Waals surface area (Å²) < 4.78 is 18.0. The first-order chi connectivity index (χ1) is 13.1. The molecule has 1 atom stereocenters. The molecule has 1 amide bonds. The molecule has 1 saturated heterocycles. The van der Waals surface area contributed by atoms with Crippen LogP contribution in [0.1, 0.15) is 29.4 Å². The highest BCUT2D eigenvalue weighted by Crippen LogP contribution is 2.31. The second-order valence-electron chi connectivity index (χ2n) is 6.62. The van der Waals surface area contributed by atoms with Crippen molar-refractivity contribution in [3.05, 3.63) is 41.2 Å². The Hall–Kier alpha value is -2.38. The molecular weight excluding hydrogens is 346 g/mol. The fourth-order valence-corrected chi connectivity index (χ4v) is 3.60. The molecule has 2 aromatic rings. The van der Waals surface area contributed by atoms with Crippen LogP contribution < -0.4 is 4.74 Å². The highest BCUT2D eigenvalue weighted by molar-refractivity contribution is 5.77. The minimum absolute atomic E-state index is 0.0816. The summed E-state index contributed by atoms with van der Waals surface area (Å²) >= 11 is 0. The average molecular weight is 373 g/mol. The van der Waals surface area contributed by atoms with Gasteiger partial charge in [-0.3, -0.25) is 4.79 Å². The number of carbonyl (C=O) groups is 1. The summed E-state index contributed by atoms with van der Waals surface area (Å²) in [5.41, 5.74) is 3.87. The normalized spacial score (nSPS) is 17.2. The number of carbonyl (C=O) groups excluding carboxylic acids is 1. The molecule has 0 aliphatic carbocycles. The van der Waals surface area contributed by atoms with Crippen LogP contribution in [0.2, 0.25) is 0 Å². The van der Waals surface area contributed by atoms with Crippen molar-refractivity contribution < 1.29 is 19.0 Å². The first-order valence-corrected chi connectivity index (χ1v) is 9.13. The van der Waals surface area contributed by atoms with Gasteiger partial charge >= 0.3 is 0 Å². The third kappa shape index (κ3) is 3.99. The fraction of sp³-hybridized carbons (Fsp3) is 0.500. The molecule has 7 heteroatoms. The van der Waals surface area contributed by atoms with Crippen molar-refractivity contribution >= 4 is 5.91 Å². The Kier molecular flexibility index (Phi) is 6.13. The number of hydrogen-bond acceptors (Lipinski definition) is 5. The number of morpholine rings is 1. The first kappa shape index (κ1) is 19.4. The fourth-order valence-electron chi connectivity index (χ4n) is 3.60. The zero-order valence-corrected chi connectivity index (χ0v) is 16.4. The molecule has 2 heterocycles. The third-order valence-electron chi connectivity index (χ3n) is 4.95. The van der Waals surface area contributed by atoms with Gasteiger partial charge in [0.1, 0.15) is 5.75 Å². The van der Waals surface area contributed by atoms with E-state index in [1.807, 2.05) is 47.7 Å². The summed E-state index contributed by atoms with van der Waals surface area (Å²) in [6.07, 6.45) is 0.370. The Labute approximate surface area is 159 Å². The van der Waals surface area contributed by atoms with E-state index < -0.39 is 0 Å². The molecule has 1 aliphatic heterocycles. The first-order valence-electron chi connectivity index (χ1n) is 9.13. The van der Waals surface area contributed by atoms with Gasteiger partial charge in [-0.1, -0.05) is 6.07 Å². The Morgan fingerprint density at radius 2 is 2.15 bits per heavy atom. The lowest BCUT2D eigenvalue weighted by Crippen LogP contribution is -2.44. The summed E-state index contributed by atoms with van der Waals surface area (Å²) in [7, 11) is 3.26. The number of aryl methyl sites for hydroxylation is 1. The van der Waals surface area contributed by atoms with E-state index in [-0.39, 0.29) is 11.9 Å². The average Bonchev–Trinajstić information content (AvgIpc) is 3.00. The highest BCUT2D eigenvalue weighted by atomic mass is 16.5. The Morgan fingerprint density at radius 3 is 2.89 bits per heavy atom. The van der Waals surface area contributed by atoms with Crippen LogP contribution in [0.25, 0.3) is 5.69 Å².